The lowest BCUT2D eigenvalue weighted by atomic mass is 10.1. The van der Waals surface area contributed by atoms with Gasteiger partial charge in [0.1, 0.15) is 5.69 Å². The lowest BCUT2D eigenvalue weighted by molar-refractivity contribution is -0.140. The average Bonchev–Trinajstić information content (AvgIpc) is 2.13. The van der Waals surface area contributed by atoms with Gasteiger partial charge in [-0.25, -0.2) is 13.8 Å². The summed E-state index contributed by atoms with van der Waals surface area (Å²) in [5.74, 6) is -1.47. The molecule has 100 valence electrons. The Bertz CT molecular complexity index is 473. The molecule has 0 amide bonds. The van der Waals surface area contributed by atoms with Crippen molar-refractivity contribution in [1.29, 1.82) is 0 Å². The highest BCUT2D eigenvalue weighted by Gasteiger charge is 2.36. The van der Waals surface area contributed by atoms with E-state index in [-0.39, 0.29) is 0 Å². The molecular formula is C9H7F5N2O2. The second kappa shape index (κ2) is 4.75. The van der Waals surface area contributed by atoms with Gasteiger partial charge in [-0.3, -0.25) is 4.79 Å². The Kier molecular flexibility index (Phi) is 3.73. The van der Waals surface area contributed by atoms with Gasteiger partial charge in [-0.1, -0.05) is 0 Å². The van der Waals surface area contributed by atoms with Gasteiger partial charge in [0.2, 0.25) is 0 Å². The predicted octanol–water partition coefficient (Wildman–Crippen LogP) is 2.25. The van der Waals surface area contributed by atoms with Gasteiger partial charge >= 0.3 is 12.1 Å². The highest BCUT2D eigenvalue weighted by atomic mass is 19.4. The number of nitrogens with two attached hydrogens (primary N) is 1. The molecule has 9 heteroatoms. The minimum atomic E-state index is -4.98. The van der Waals surface area contributed by atoms with E-state index in [1.807, 2.05) is 0 Å². The first-order valence-corrected chi connectivity index (χ1v) is 4.49. The number of carboxylic acids is 1. The van der Waals surface area contributed by atoms with E-state index in [9.17, 15) is 26.7 Å². The Hall–Kier alpha value is -1.93. The molecule has 1 aromatic heterocycles. The molecule has 3 N–H and O–H groups in total. The number of aromatic nitrogens is 1. The molecule has 1 heterocycles. The number of hydrogen-bond donors (Lipinski definition) is 2. The zero-order valence-corrected chi connectivity index (χ0v) is 8.63. The first-order valence-electron chi connectivity index (χ1n) is 4.49. The molecule has 18 heavy (non-hydrogen) atoms. The van der Waals surface area contributed by atoms with Crippen molar-refractivity contribution in [2.75, 3.05) is 5.73 Å². The zero-order chi connectivity index (χ0) is 14.1. The van der Waals surface area contributed by atoms with E-state index in [0.717, 1.165) is 0 Å². The molecule has 1 rings (SSSR count). The van der Waals surface area contributed by atoms with Crippen LogP contribution in [0.3, 0.4) is 0 Å². The van der Waals surface area contributed by atoms with Crippen molar-refractivity contribution in [3.8, 4) is 0 Å². The molecule has 0 saturated carbocycles. The van der Waals surface area contributed by atoms with E-state index in [2.05, 4.69) is 4.98 Å². The standard InChI is InChI=1S/C9H7F5N2O2/c10-8(11)6-3(2-5(17)18)1-4(15)7(16-6)9(12,13)14/h1,8H,2,15H2,(H,17,18). The summed E-state index contributed by atoms with van der Waals surface area (Å²) in [6, 6.07) is 0.561. The van der Waals surface area contributed by atoms with E-state index in [4.69, 9.17) is 10.8 Å². The first-order chi connectivity index (χ1) is 8.12. The van der Waals surface area contributed by atoms with Gasteiger partial charge in [0.25, 0.3) is 6.43 Å². The number of anilines is 1. The predicted molar refractivity (Wildman–Crippen MR) is 49.9 cm³/mol. The summed E-state index contributed by atoms with van der Waals surface area (Å²) in [6.07, 6.45) is -9.18. The van der Waals surface area contributed by atoms with Crippen LogP contribution in [-0.2, 0) is 17.4 Å². The third-order valence-electron chi connectivity index (χ3n) is 1.98. The van der Waals surface area contributed by atoms with Crippen molar-refractivity contribution in [1.82, 2.24) is 4.98 Å². The summed E-state index contributed by atoms with van der Waals surface area (Å²) < 4.78 is 62.2. The van der Waals surface area contributed by atoms with E-state index < -0.39 is 47.6 Å². The topological polar surface area (TPSA) is 76.2 Å². The summed E-state index contributed by atoms with van der Waals surface area (Å²) in [7, 11) is 0. The van der Waals surface area contributed by atoms with Crippen LogP contribution in [0.1, 0.15) is 23.4 Å². The number of carboxylic acid groups (broad SMARTS) is 1. The maximum atomic E-state index is 12.5. The molecule has 0 atom stereocenters. The minimum Gasteiger partial charge on any atom is -0.481 e. The number of nitrogen functional groups attached to an aromatic ring is 1. The Morgan fingerprint density at radius 1 is 1.44 bits per heavy atom. The maximum Gasteiger partial charge on any atom is 0.435 e. The summed E-state index contributed by atoms with van der Waals surface area (Å²) in [4.78, 5) is 13.1. The average molecular weight is 270 g/mol. The molecule has 0 aromatic carbocycles. The molecule has 0 saturated heterocycles. The van der Waals surface area contributed by atoms with Gasteiger partial charge in [-0.15, -0.1) is 0 Å². The second-order valence-corrected chi connectivity index (χ2v) is 3.34. The summed E-state index contributed by atoms with van der Waals surface area (Å²) in [5.41, 5.74) is 0.738. The number of alkyl halides is 5. The molecule has 0 aliphatic carbocycles. The SMILES string of the molecule is Nc1cc(CC(=O)O)c(C(F)F)nc1C(F)(F)F. The number of hydrogen-bond acceptors (Lipinski definition) is 3. The van der Waals surface area contributed by atoms with E-state index in [0.29, 0.717) is 6.07 Å². The molecule has 0 radical (unpaired) electrons. The van der Waals surface area contributed by atoms with Gasteiger partial charge in [-0.2, -0.15) is 13.2 Å². The van der Waals surface area contributed by atoms with Crippen LogP contribution in [-0.4, -0.2) is 16.1 Å². The van der Waals surface area contributed by atoms with E-state index >= 15 is 0 Å². The summed E-state index contributed by atoms with van der Waals surface area (Å²) >= 11 is 0. The molecule has 1 aromatic rings. The van der Waals surface area contributed by atoms with Crippen LogP contribution in [0.5, 0.6) is 0 Å². The highest BCUT2D eigenvalue weighted by Crippen LogP contribution is 2.35. The van der Waals surface area contributed by atoms with E-state index in [1.165, 1.54) is 0 Å². The molecule has 0 unspecified atom stereocenters. The molecule has 4 nitrogen and oxygen atoms in total. The quantitative estimate of drug-likeness (QED) is 0.826. The lowest BCUT2D eigenvalue weighted by Crippen LogP contribution is -2.16. The van der Waals surface area contributed by atoms with Crippen LogP contribution in [0.2, 0.25) is 0 Å². The van der Waals surface area contributed by atoms with Crippen LogP contribution in [0.4, 0.5) is 27.6 Å². The smallest absolute Gasteiger partial charge is 0.435 e. The fraction of sp³-hybridized carbons (Fsp3) is 0.333. The second-order valence-electron chi connectivity index (χ2n) is 3.34. The van der Waals surface area contributed by atoms with Crippen molar-refractivity contribution in [2.24, 2.45) is 0 Å². The van der Waals surface area contributed by atoms with Gasteiger partial charge in [0, 0.05) is 0 Å². The van der Waals surface area contributed by atoms with Crippen molar-refractivity contribution in [3.05, 3.63) is 23.0 Å². The van der Waals surface area contributed by atoms with Crippen LogP contribution < -0.4 is 5.73 Å². The lowest BCUT2D eigenvalue weighted by Gasteiger charge is -2.13. The van der Waals surface area contributed by atoms with Crippen LogP contribution >= 0.6 is 0 Å². The third-order valence-corrected chi connectivity index (χ3v) is 1.98. The number of halogens is 5. The van der Waals surface area contributed by atoms with Gasteiger partial charge in [0.15, 0.2) is 5.69 Å². The third kappa shape index (κ3) is 3.05. The normalized spacial score (nSPS) is 11.9. The van der Waals surface area contributed by atoms with Crippen LogP contribution in [0, 0.1) is 0 Å². The Labute approximate surface area is 97.2 Å². The Morgan fingerprint density at radius 3 is 2.39 bits per heavy atom. The van der Waals surface area contributed by atoms with Crippen molar-refractivity contribution < 1.29 is 31.9 Å². The number of pyridine rings is 1. The molecule has 0 aliphatic heterocycles. The van der Waals surface area contributed by atoms with Crippen LogP contribution in [0.15, 0.2) is 6.07 Å². The van der Waals surface area contributed by atoms with Gasteiger partial charge < -0.3 is 10.8 Å². The number of carbonyl (C=O) groups is 1. The molecule has 0 fully saturated rings. The van der Waals surface area contributed by atoms with Gasteiger partial charge in [0.05, 0.1) is 12.1 Å². The summed E-state index contributed by atoms with van der Waals surface area (Å²) in [6.45, 7) is 0. The molecule has 0 aliphatic rings. The monoisotopic (exact) mass is 270 g/mol. The molecule has 0 spiro atoms. The highest BCUT2D eigenvalue weighted by molar-refractivity contribution is 5.71. The van der Waals surface area contributed by atoms with Gasteiger partial charge in [-0.05, 0) is 11.6 Å². The fourth-order valence-corrected chi connectivity index (χ4v) is 1.31. The largest absolute Gasteiger partial charge is 0.481 e. The Balaban J connectivity index is 3.39. The molecule has 0 bridgehead atoms. The number of aliphatic carboxylic acids is 1. The summed E-state index contributed by atoms with van der Waals surface area (Å²) in [5, 5.41) is 8.46. The fourth-order valence-electron chi connectivity index (χ4n) is 1.31. The van der Waals surface area contributed by atoms with Crippen molar-refractivity contribution >= 4 is 11.7 Å². The number of nitrogens with zero attached hydrogens (tertiary/aromatic N) is 1. The molecular weight excluding hydrogens is 263 g/mol. The van der Waals surface area contributed by atoms with E-state index in [1.54, 1.807) is 0 Å². The van der Waals surface area contributed by atoms with Crippen LogP contribution in [0.25, 0.3) is 0 Å². The van der Waals surface area contributed by atoms with Crippen molar-refractivity contribution in [3.63, 3.8) is 0 Å². The minimum absolute atomic E-state index is 0.539. The Morgan fingerprint density at radius 2 is 2.00 bits per heavy atom. The van der Waals surface area contributed by atoms with Crippen molar-refractivity contribution in [2.45, 2.75) is 19.0 Å². The maximum absolute atomic E-state index is 12.5. The zero-order valence-electron chi connectivity index (χ0n) is 8.63. The first kappa shape index (κ1) is 14.1. The number of rotatable bonds is 3.